The Morgan fingerprint density at radius 3 is 2.81 bits per heavy atom. The van der Waals surface area contributed by atoms with E-state index in [0.717, 1.165) is 12.8 Å². The molecule has 2 N–H and O–H groups in total. The molecule has 5 heteroatoms. The Bertz CT molecular complexity index is 635. The molecule has 0 bridgehead atoms. The number of aryl methyl sites for hydroxylation is 1. The minimum atomic E-state index is -0.143. The van der Waals surface area contributed by atoms with Gasteiger partial charge >= 0.3 is 0 Å². The molecule has 1 saturated carbocycles. The van der Waals surface area contributed by atoms with Crippen LogP contribution in [0.5, 0.6) is 0 Å². The summed E-state index contributed by atoms with van der Waals surface area (Å²) in [6.07, 6.45) is 5.23. The molecule has 108 valence electrons. The Kier molecular flexibility index (Phi) is 3.81. The van der Waals surface area contributed by atoms with E-state index in [9.17, 15) is 4.79 Å². The zero-order valence-electron chi connectivity index (χ0n) is 12.0. The number of carbonyl (C=O) groups excluding carboxylic acids is 1. The van der Waals surface area contributed by atoms with Crippen molar-refractivity contribution in [2.24, 2.45) is 0 Å². The van der Waals surface area contributed by atoms with Crippen molar-refractivity contribution in [1.82, 2.24) is 15.3 Å². The van der Waals surface area contributed by atoms with Crippen molar-refractivity contribution < 1.29 is 4.79 Å². The van der Waals surface area contributed by atoms with E-state index in [4.69, 9.17) is 0 Å². The molecule has 0 aliphatic heterocycles. The minimum Gasteiger partial charge on any atom is -0.365 e. The number of anilines is 1. The number of hydrogen-bond donors (Lipinski definition) is 2. The maximum absolute atomic E-state index is 11.8. The van der Waals surface area contributed by atoms with Crippen LogP contribution in [0.1, 0.15) is 34.5 Å². The average molecular weight is 282 g/mol. The minimum absolute atomic E-state index is 0.143. The maximum Gasteiger partial charge on any atom is 0.271 e. The lowest BCUT2D eigenvalue weighted by molar-refractivity contribution is 0.0945. The second-order valence-corrected chi connectivity index (χ2v) is 5.38. The summed E-state index contributed by atoms with van der Waals surface area (Å²) < 4.78 is 0. The lowest BCUT2D eigenvalue weighted by Crippen LogP contribution is -2.26. The largest absolute Gasteiger partial charge is 0.365 e. The molecule has 1 fully saturated rings. The van der Waals surface area contributed by atoms with E-state index < -0.39 is 0 Å². The summed E-state index contributed by atoms with van der Waals surface area (Å²) in [5.41, 5.74) is 2.78. The van der Waals surface area contributed by atoms with Gasteiger partial charge in [0.05, 0.1) is 12.4 Å². The molecule has 1 aromatic heterocycles. The van der Waals surface area contributed by atoms with Gasteiger partial charge < -0.3 is 10.6 Å². The fourth-order valence-electron chi connectivity index (χ4n) is 2.04. The van der Waals surface area contributed by atoms with Crippen LogP contribution in [0.3, 0.4) is 0 Å². The number of nitrogens with one attached hydrogen (secondary N) is 2. The number of benzene rings is 1. The third-order valence-corrected chi connectivity index (χ3v) is 3.35. The Morgan fingerprint density at radius 2 is 2.14 bits per heavy atom. The maximum atomic E-state index is 11.8. The van der Waals surface area contributed by atoms with Crippen molar-refractivity contribution in [1.29, 1.82) is 0 Å². The van der Waals surface area contributed by atoms with Gasteiger partial charge in [-0.3, -0.25) is 4.79 Å². The highest BCUT2D eigenvalue weighted by molar-refractivity contribution is 5.92. The number of carbonyl (C=O) groups is 1. The summed E-state index contributed by atoms with van der Waals surface area (Å²) in [5, 5.41) is 6.09. The SMILES string of the molecule is Cc1cccc(CNc2cnc(C(=O)NC3CC3)cn2)c1. The molecule has 0 atom stereocenters. The van der Waals surface area contributed by atoms with Crippen molar-refractivity contribution in [3.05, 3.63) is 53.5 Å². The molecule has 3 rings (SSSR count). The van der Waals surface area contributed by atoms with Gasteiger partial charge in [-0.15, -0.1) is 0 Å². The normalized spacial score (nSPS) is 13.8. The number of nitrogens with zero attached hydrogens (tertiary/aromatic N) is 2. The van der Waals surface area contributed by atoms with Gasteiger partial charge in [-0.1, -0.05) is 29.8 Å². The zero-order valence-corrected chi connectivity index (χ0v) is 12.0. The molecule has 0 saturated heterocycles. The molecule has 0 unspecified atom stereocenters. The average Bonchev–Trinajstić information content (AvgIpc) is 3.30. The summed E-state index contributed by atoms with van der Waals surface area (Å²) >= 11 is 0. The zero-order chi connectivity index (χ0) is 14.7. The van der Waals surface area contributed by atoms with E-state index in [-0.39, 0.29) is 5.91 Å². The topological polar surface area (TPSA) is 66.9 Å². The predicted octanol–water partition coefficient (Wildman–Crippen LogP) is 2.29. The van der Waals surface area contributed by atoms with Crippen molar-refractivity contribution in [3.63, 3.8) is 0 Å². The second-order valence-electron chi connectivity index (χ2n) is 5.38. The van der Waals surface area contributed by atoms with Crippen molar-refractivity contribution >= 4 is 11.7 Å². The van der Waals surface area contributed by atoms with E-state index in [2.05, 4.69) is 45.7 Å². The summed E-state index contributed by atoms with van der Waals surface area (Å²) in [5.74, 6) is 0.523. The standard InChI is InChI=1S/C16H18N4O/c1-11-3-2-4-12(7-11)8-18-15-10-17-14(9-19-15)16(21)20-13-5-6-13/h2-4,7,9-10,13H,5-6,8H2,1H3,(H,18,19)(H,20,21). The van der Waals surface area contributed by atoms with Crippen LogP contribution in [-0.4, -0.2) is 21.9 Å². The number of hydrogen-bond acceptors (Lipinski definition) is 4. The first-order valence-corrected chi connectivity index (χ1v) is 7.13. The van der Waals surface area contributed by atoms with Gasteiger partial charge in [-0.25, -0.2) is 9.97 Å². The molecule has 0 radical (unpaired) electrons. The van der Waals surface area contributed by atoms with Gasteiger partial charge in [0.25, 0.3) is 5.91 Å². The quantitative estimate of drug-likeness (QED) is 0.883. The third-order valence-electron chi connectivity index (χ3n) is 3.35. The van der Waals surface area contributed by atoms with Gasteiger partial charge in [0.2, 0.25) is 0 Å². The van der Waals surface area contributed by atoms with Gasteiger partial charge in [0.1, 0.15) is 11.5 Å². The van der Waals surface area contributed by atoms with Crippen molar-refractivity contribution in [2.45, 2.75) is 32.4 Å². The van der Waals surface area contributed by atoms with E-state index in [0.29, 0.717) is 24.1 Å². The molecular weight excluding hydrogens is 264 g/mol. The molecule has 1 heterocycles. The van der Waals surface area contributed by atoms with Crippen LogP contribution < -0.4 is 10.6 Å². The summed E-state index contributed by atoms with van der Waals surface area (Å²) in [6.45, 7) is 2.75. The Balaban J connectivity index is 1.57. The third kappa shape index (κ3) is 3.78. The summed E-state index contributed by atoms with van der Waals surface area (Å²) in [6, 6.07) is 8.61. The van der Waals surface area contributed by atoms with E-state index in [1.54, 1.807) is 6.20 Å². The monoisotopic (exact) mass is 282 g/mol. The first kappa shape index (κ1) is 13.5. The van der Waals surface area contributed by atoms with Gasteiger partial charge in [0, 0.05) is 12.6 Å². The van der Waals surface area contributed by atoms with Crippen molar-refractivity contribution in [3.8, 4) is 0 Å². The lowest BCUT2D eigenvalue weighted by atomic mass is 10.1. The van der Waals surface area contributed by atoms with Crippen LogP contribution in [0.2, 0.25) is 0 Å². The van der Waals surface area contributed by atoms with Crippen molar-refractivity contribution in [2.75, 3.05) is 5.32 Å². The van der Waals surface area contributed by atoms with Crippen LogP contribution in [0.15, 0.2) is 36.7 Å². The first-order chi connectivity index (χ1) is 10.2. The molecule has 1 aliphatic carbocycles. The summed E-state index contributed by atoms with van der Waals surface area (Å²) in [4.78, 5) is 20.2. The lowest BCUT2D eigenvalue weighted by Gasteiger charge is -2.07. The van der Waals surface area contributed by atoms with E-state index in [1.807, 2.05) is 6.07 Å². The van der Waals surface area contributed by atoms with Crippen LogP contribution in [-0.2, 0) is 6.54 Å². The van der Waals surface area contributed by atoms with Gasteiger partial charge in [0.15, 0.2) is 0 Å². The molecule has 1 amide bonds. The van der Waals surface area contributed by atoms with E-state index >= 15 is 0 Å². The van der Waals surface area contributed by atoms with Gasteiger partial charge in [-0.05, 0) is 25.3 Å². The summed E-state index contributed by atoms with van der Waals surface area (Å²) in [7, 11) is 0. The van der Waals surface area contributed by atoms with Crippen LogP contribution >= 0.6 is 0 Å². The first-order valence-electron chi connectivity index (χ1n) is 7.13. The molecule has 5 nitrogen and oxygen atoms in total. The van der Waals surface area contributed by atoms with E-state index in [1.165, 1.54) is 17.3 Å². The number of rotatable bonds is 5. The number of aromatic nitrogens is 2. The smallest absolute Gasteiger partial charge is 0.271 e. The highest BCUT2D eigenvalue weighted by atomic mass is 16.2. The fourth-order valence-corrected chi connectivity index (χ4v) is 2.04. The van der Waals surface area contributed by atoms with Crippen LogP contribution in [0.4, 0.5) is 5.82 Å². The number of amides is 1. The highest BCUT2D eigenvalue weighted by Crippen LogP contribution is 2.19. The van der Waals surface area contributed by atoms with Crippen LogP contribution in [0.25, 0.3) is 0 Å². The Hall–Kier alpha value is -2.43. The molecule has 1 aromatic carbocycles. The molecule has 0 spiro atoms. The molecule has 21 heavy (non-hydrogen) atoms. The molecular formula is C16H18N4O. The predicted molar refractivity (Wildman–Crippen MR) is 81.0 cm³/mol. The molecule has 2 aromatic rings. The molecule has 1 aliphatic rings. The van der Waals surface area contributed by atoms with Gasteiger partial charge in [-0.2, -0.15) is 0 Å². The fraction of sp³-hybridized carbons (Fsp3) is 0.312. The second kappa shape index (κ2) is 5.91. The Morgan fingerprint density at radius 1 is 1.29 bits per heavy atom. The Labute approximate surface area is 123 Å². The highest BCUT2D eigenvalue weighted by Gasteiger charge is 2.24. The van der Waals surface area contributed by atoms with Crippen LogP contribution in [0, 0.1) is 6.92 Å².